The molecule has 0 fully saturated rings. The number of hydrogen-bond acceptors (Lipinski definition) is 3. The summed E-state index contributed by atoms with van der Waals surface area (Å²) in [6.45, 7) is 7.54. The van der Waals surface area contributed by atoms with Crippen molar-refractivity contribution in [2.45, 2.75) is 213 Å². The van der Waals surface area contributed by atoms with E-state index in [1.54, 1.807) is 0 Å². The Balaban J connectivity index is 3.85. The molecule has 0 aliphatic rings. The standard InChI is InChI=1S/C38H77NO3/c1-4-6-8-10-12-14-16-18-19-21-23-25-27-29-33-39(34-37(41)35-40)38(42)32-31-36(3)30-28-26-24-22-20-17-15-13-11-9-7-5-2/h36-37,40-41H,4-35H2,1-3H3. The number of hydrogen-bond donors (Lipinski definition) is 2. The molecule has 2 atom stereocenters. The summed E-state index contributed by atoms with van der Waals surface area (Å²) in [5.74, 6) is 0.724. The first-order valence-electron chi connectivity index (χ1n) is 19.1. The Kier molecular flexibility index (Phi) is 32.8. The average molecular weight is 596 g/mol. The fourth-order valence-corrected chi connectivity index (χ4v) is 6.13. The van der Waals surface area contributed by atoms with Gasteiger partial charge in [0, 0.05) is 19.5 Å². The molecule has 0 rings (SSSR count). The van der Waals surface area contributed by atoms with Crippen molar-refractivity contribution in [3.8, 4) is 0 Å². The van der Waals surface area contributed by atoms with Crippen LogP contribution >= 0.6 is 0 Å². The highest BCUT2D eigenvalue weighted by Crippen LogP contribution is 2.19. The van der Waals surface area contributed by atoms with Gasteiger partial charge in [-0.25, -0.2) is 0 Å². The van der Waals surface area contributed by atoms with Gasteiger partial charge in [0.15, 0.2) is 0 Å². The van der Waals surface area contributed by atoms with Crippen LogP contribution in [-0.4, -0.2) is 46.8 Å². The van der Waals surface area contributed by atoms with E-state index < -0.39 is 6.10 Å². The zero-order valence-corrected chi connectivity index (χ0v) is 29.0. The van der Waals surface area contributed by atoms with E-state index in [0.717, 1.165) is 19.3 Å². The van der Waals surface area contributed by atoms with Gasteiger partial charge in [0.1, 0.15) is 0 Å². The van der Waals surface area contributed by atoms with Gasteiger partial charge in [-0.05, 0) is 18.8 Å². The highest BCUT2D eigenvalue weighted by Gasteiger charge is 2.18. The van der Waals surface area contributed by atoms with Crippen molar-refractivity contribution in [3.63, 3.8) is 0 Å². The van der Waals surface area contributed by atoms with E-state index in [0.29, 0.717) is 18.9 Å². The van der Waals surface area contributed by atoms with Crippen LogP contribution in [0.1, 0.15) is 207 Å². The lowest BCUT2D eigenvalue weighted by Gasteiger charge is -2.25. The van der Waals surface area contributed by atoms with Crippen molar-refractivity contribution in [3.05, 3.63) is 0 Å². The third-order valence-electron chi connectivity index (χ3n) is 9.18. The summed E-state index contributed by atoms with van der Waals surface area (Å²) in [6, 6.07) is 0. The second-order valence-corrected chi connectivity index (χ2v) is 13.6. The second-order valence-electron chi connectivity index (χ2n) is 13.6. The lowest BCUT2D eigenvalue weighted by molar-refractivity contribution is -0.133. The maximum Gasteiger partial charge on any atom is 0.222 e. The van der Waals surface area contributed by atoms with E-state index in [9.17, 15) is 15.0 Å². The summed E-state index contributed by atoms with van der Waals surface area (Å²) in [7, 11) is 0. The van der Waals surface area contributed by atoms with E-state index in [-0.39, 0.29) is 19.1 Å². The van der Waals surface area contributed by atoms with Crippen molar-refractivity contribution in [1.82, 2.24) is 4.90 Å². The maximum absolute atomic E-state index is 13.0. The minimum absolute atomic E-state index is 0.152. The van der Waals surface area contributed by atoms with Gasteiger partial charge in [-0.2, -0.15) is 0 Å². The lowest BCUT2D eigenvalue weighted by atomic mass is 9.97. The summed E-state index contributed by atoms with van der Waals surface area (Å²) < 4.78 is 0. The number of carbonyl (C=O) groups is 1. The van der Waals surface area contributed by atoms with Crippen molar-refractivity contribution < 1.29 is 15.0 Å². The molecule has 0 aliphatic heterocycles. The van der Waals surface area contributed by atoms with Crippen molar-refractivity contribution in [2.75, 3.05) is 19.7 Å². The molecule has 2 unspecified atom stereocenters. The van der Waals surface area contributed by atoms with Crippen LogP contribution in [0.5, 0.6) is 0 Å². The van der Waals surface area contributed by atoms with E-state index in [2.05, 4.69) is 20.8 Å². The molecule has 0 aromatic heterocycles. The topological polar surface area (TPSA) is 60.8 Å². The predicted octanol–water partition coefficient (Wildman–Crippen LogP) is 11.2. The fourth-order valence-electron chi connectivity index (χ4n) is 6.13. The monoisotopic (exact) mass is 596 g/mol. The van der Waals surface area contributed by atoms with Gasteiger partial charge in [-0.3, -0.25) is 4.79 Å². The van der Waals surface area contributed by atoms with E-state index in [1.165, 1.54) is 161 Å². The molecular formula is C38H77NO3. The molecule has 1 amide bonds. The number of amides is 1. The average Bonchev–Trinajstić information content (AvgIpc) is 2.99. The molecule has 0 spiro atoms. The summed E-state index contributed by atoms with van der Waals surface area (Å²) >= 11 is 0. The summed E-state index contributed by atoms with van der Waals surface area (Å²) in [5.41, 5.74) is 0. The number of nitrogens with zero attached hydrogens (tertiary/aromatic N) is 1. The van der Waals surface area contributed by atoms with Crippen molar-refractivity contribution in [2.24, 2.45) is 5.92 Å². The first-order chi connectivity index (χ1) is 20.5. The Bertz CT molecular complexity index is 540. The van der Waals surface area contributed by atoms with Crippen LogP contribution in [0.3, 0.4) is 0 Å². The van der Waals surface area contributed by atoms with Crippen LogP contribution in [0, 0.1) is 5.92 Å². The van der Waals surface area contributed by atoms with Crippen molar-refractivity contribution in [1.29, 1.82) is 0 Å². The molecule has 0 aromatic rings. The van der Waals surface area contributed by atoms with Gasteiger partial charge >= 0.3 is 0 Å². The van der Waals surface area contributed by atoms with Gasteiger partial charge in [0.05, 0.1) is 12.7 Å². The van der Waals surface area contributed by atoms with E-state index in [1.807, 2.05) is 4.90 Å². The third kappa shape index (κ3) is 29.5. The number of unbranched alkanes of at least 4 members (excludes halogenated alkanes) is 24. The minimum Gasteiger partial charge on any atom is -0.394 e. The van der Waals surface area contributed by atoms with Crippen LogP contribution in [-0.2, 0) is 4.79 Å². The Morgan fingerprint density at radius 2 is 0.905 bits per heavy atom. The molecule has 4 nitrogen and oxygen atoms in total. The molecule has 0 saturated heterocycles. The normalized spacial score (nSPS) is 13.0. The summed E-state index contributed by atoms with van der Waals surface area (Å²) in [6.07, 6.45) is 36.9. The van der Waals surface area contributed by atoms with Gasteiger partial charge in [-0.15, -0.1) is 0 Å². The fraction of sp³-hybridized carbons (Fsp3) is 0.974. The van der Waals surface area contributed by atoms with Gasteiger partial charge in [0.25, 0.3) is 0 Å². The minimum atomic E-state index is -0.834. The molecule has 4 heteroatoms. The zero-order valence-electron chi connectivity index (χ0n) is 29.0. The first-order valence-corrected chi connectivity index (χ1v) is 19.1. The SMILES string of the molecule is CCCCCCCCCCCCCCCCN(CC(O)CO)C(=O)CCC(C)CCCCCCCCCCCCCC. The highest BCUT2D eigenvalue weighted by molar-refractivity contribution is 5.76. The summed E-state index contributed by atoms with van der Waals surface area (Å²) in [4.78, 5) is 14.8. The second kappa shape index (κ2) is 33.3. The highest BCUT2D eigenvalue weighted by atomic mass is 16.3. The molecule has 0 radical (unpaired) electrons. The van der Waals surface area contributed by atoms with Gasteiger partial charge in [-0.1, -0.05) is 188 Å². The molecule has 42 heavy (non-hydrogen) atoms. The van der Waals surface area contributed by atoms with Crippen LogP contribution in [0.4, 0.5) is 0 Å². The molecule has 252 valence electrons. The number of rotatable bonds is 34. The van der Waals surface area contributed by atoms with E-state index >= 15 is 0 Å². The van der Waals surface area contributed by atoms with Crippen LogP contribution in [0.25, 0.3) is 0 Å². The molecule has 0 aromatic carbocycles. The molecule has 0 bridgehead atoms. The number of aliphatic hydroxyl groups excluding tert-OH is 2. The van der Waals surface area contributed by atoms with Gasteiger partial charge < -0.3 is 15.1 Å². The van der Waals surface area contributed by atoms with Crippen LogP contribution in [0.15, 0.2) is 0 Å². The quantitative estimate of drug-likeness (QED) is 0.0727. The smallest absolute Gasteiger partial charge is 0.222 e. The number of carbonyl (C=O) groups excluding carboxylic acids is 1. The maximum atomic E-state index is 13.0. The molecule has 2 N–H and O–H groups in total. The Labute approximate surface area is 264 Å². The Hall–Kier alpha value is -0.610. The van der Waals surface area contributed by atoms with Crippen LogP contribution < -0.4 is 0 Å². The Morgan fingerprint density at radius 1 is 0.548 bits per heavy atom. The molecule has 0 aliphatic carbocycles. The lowest BCUT2D eigenvalue weighted by Crippen LogP contribution is -2.39. The third-order valence-corrected chi connectivity index (χ3v) is 9.18. The zero-order chi connectivity index (χ0) is 30.9. The largest absolute Gasteiger partial charge is 0.394 e. The first kappa shape index (κ1) is 41.4. The van der Waals surface area contributed by atoms with Crippen molar-refractivity contribution >= 4 is 5.91 Å². The molecule has 0 heterocycles. The Morgan fingerprint density at radius 3 is 1.29 bits per heavy atom. The predicted molar refractivity (Wildman–Crippen MR) is 184 cm³/mol. The van der Waals surface area contributed by atoms with Crippen LogP contribution in [0.2, 0.25) is 0 Å². The van der Waals surface area contributed by atoms with Gasteiger partial charge in [0.2, 0.25) is 5.91 Å². The summed E-state index contributed by atoms with van der Waals surface area (Å²) in [5, 5.41) is 19.3. The molecule has 0 saturated carbocycles. The molecular weight excluding hydrogens is 518 g/mol. The van der Waals surface area contributed by atoms with E-state index in [4.69, 9.17) is 0 Å². The number of aliphatic hydroxyl groups is 2.